The van der Waals surface area contributed by atoms with Gasteiger partial charge >= 0.3 is 0 Å². The van der Waals surface area contributed by atoms with E-state index >= 15 is 0 Å². The minimum atomic E-state index is 0.620. The highest BCUT2D eigenvalue weighted by molar-refractivity contribution is 14.1. The van der Waals surface area contributed by atoms with Crippen LogP contribution in [0.5, 0.6) is 0 Å². The predicted octanol–water partition coefficient (Wildman–Crippen LogP) is 1.49. The molecule has 0 aliphatic carbocycles. The Bertz CT molecular complexity index is 221. The molecule has 0 aliphatic heterocycles. The largest absolute Gasteiger partial charge is 0.352 e. The quantitative estimate of drug-likeness (QED) is 0.658. The van der Waals surface area contributed by atoms with Crippen molar-refractivity contribution < 1.29 is 0 Å². The molecule has 0 saturated carbocycles. The number of H-pyrrole nitrogens is 1. The predicted molar refractivity (Wildman–Crippen MR) is 38.2 cm³/mol. The Morgan fingerprint density at radius 2 is 2.50 bits per heavy atom. The number of halogens is 1. The third-order valence-corrected chi connectivity index (χ3v) is 1.39. The number of nitrogens with zero attached hydrogens (tertiary/aromatic N) is 1. The summed E-state index contributed by atoms with van der Waals surface area (Å²) in [5, 5.41) is 8.27. The van der Waals surface area contributed by atoms with Gasteiger partial charge in [0.25, 0.3) is 0 Å². The average molecular weight is 218 g/mol. The summed E-state index contributed by atoms with van der Waals surface area (Å²) in [6.45, 7) is 0. The molecule has 1 heterocycles. The van der Waals surface area contributed by atoms with Gasteiger partial charge in [0.2, 0.25) is 0 Å². The lowest BCUT2D eigenvalue weighted by atomic mass is 10.5. The Hall–Kier alpha value is -0.500. The van der Waals surface area contributed by atoms with Gasteiger partial charge in [-0.25, -0.2) is 0 Å². The second-order valence-corrected chi connectivity index (χ2v) is 2.59. The van der Waals surface area contributed by atoms with Crippen molar-refractivity contribution in [1.82, 2.24) is 4.98 Å². The summed E-state index contributed by atoms with van der Waals surface area (Å²) in [5.74, 6) is 0. The second kappa shape index (κ2) is 2.18. The zero-order valence-electron chi connectivity index (χ0n) is 3.98. The van der Waals surface area contributed by atoms with Crippen molar-refractivity contribution in [2.24, 2.45) is 0 Å². The van der Waals surface area contributed by atoms with E-state index in [1.54, 1.807) is 12.3 Å². The van der Waals surface area contributed by atoms with E-state index in [0.717, 1.165) is 3.57 Å². The molecule has 8 heavy (non-hydrogen) atoms. The Morgan fingerprint density at radius 1 is 1.75 bits per heavy atom. The molecule has 2 nitrogen and oxygen atoms in total. The third-order valence-electron chi connectivity index (χ3n) is 0.768. The number of aromatic nitrogens is 1. The van der Waals surface area contributed by atoms with E-state index in [-0.39, 0.29) is 0 Å². The van der Waals surface area contributed by atoms with Gasteiger partial charge in [-0.1, -0.05) is 0 Å². The van der Waals surface area contributed by atoms with Gasteiger partial charge in [0.1, 0.15) is 11.8 Å². The van der Waals surface area contributed by atoms with Crippen LogP contribution in [-0.2, 0) is 0 Å². The van der Waals surface area contributed by atoms with Gasteiger partial charge < -0.3 is 4.98 Å². The number of nitriles is 1. The summed E-state index contributed by atoms with van der Waals surface area (Å²) >= 11 is 2.14. The maximum atomic E-state index is 8.27. The molecule has 1 aromatic heterocycles. The Morgan fingerprint density at radius 3 is 2.75 bits per heavy atom. The molecule has 0 atom stereocenters. The first-order chi connectivity index (χ1) is 3.83. The molecule has 40 valence electrons. The minimum absolute atomic E-state index is 0.620. The smallest absolute Gasteiger partial charge is 0.118 e. The highest BCUT2D eigenvalue weighted by Gasteiger charge is 1.89. The topological polar surface area (TPSA) is 39.6 Å². The molecule has 1 aromatic rings. The van der Waals surface area contributed by atoms with E-state index in [4.69, 9.17) is 5.26 Å². The van der Waals surface area contributed by atoms with Crippen LogP contribution in [0.2, 0.25) is 0 Å². The van der Waals surface area contributed by atoms with E-state index in [2.05, 4.69) is 27.6 Å². The fourth-order valence-electron chi connectivity index (χ4n) is 0.432. The molecule has 0 aliphatic rings. The van der Waals surface area contributed by atoms with Crippen LogP contribution in [-0.4, -0.2) is 4.98 Å². The van der Waals surface area contributed by atoms with Crippen LogP contribution in [0.3, 0.4) is 0 Å². The van der Waals surface area contributed by atoms with E-state index in [1.165, 1.54) is 0 Å². The zero-order valence-corrected chi connectivity index (χ0v) is 6.14. The molecular weight excluding hydrogens is 215 g/mol. The number of hydrogen-bond acceptors (Lipinski definition) is 1. The molecule has 0 radical (unpaired) electrons. The highest BCUT2D eigenvalue weighted by atomic mass is 127. The van der Waals surface area contributed by atoms with Crippen molar-refractivity contribution in [3.8, 4) is 6.07 Å². The summed E-state index contributed by atoms with van der Waals surface area (Å²) in [6.07, 6.45) is 1.79. The molecule has 0 amide bonds. The number of rotatable bonds is 0. The van der Waals surface area contributed by atoms with Gasteiger partial charge in [0.05, 0.1) is 0 Å². The van der Waals surface area contributed by atoms with E-state index in [1.807, 2.05) is 6.07 Å². The average Bonchev–Trinajstić information content (AvgIpc) is 2.14. The molecule has 0 bridgehead atoms. The number of aromatic amines is 1. The Labute approximate surface area is 60.7 Å². The van der Waals surface area contributed by atoms with Crippen molar-refractivity contribution in [3.05, 3.63) is 21.5 Å². The molecule has 0 spiro atoms. The summed E-state index contributed by atoms with van der Waals surface area (Å²) in [4.78, 5) is 2.79. The van der Waals surface area contributed by atoms with E-state index in [0.29, 0.717) is 5.69 Å². The van der Waals surface area contributed by atoms with Crippen molar-refractivity contribution in [1.29, 1.82) is 5.26 Å². The first-order valence-electron chi connectivity index (χ1n) is 2.07. The fourth-order valence-corrected chi connectivity index (χ4v) is 0.900. The summed E-state index contributed by atoms with van der Waals surface area (Å²) in [7, 11) is 0. The normalized spacial score (nSPS) is 8.50. The molecule has 0 fully saturated rings. The van der Waals surface area contributed by atoms with Crippen LogP contribution in [0, 0.1) is 14.9 Å². The zero-order chi connectivity index (χ0) is 5.98. The highest BCUT2D eigenvalue weighted by Crippen LogP contribution is 2.03. The van der Waals surface area contributed by atoms with Crippen LogP contribution in [0.15, 0.2) is 12.3 Å². The van der Waals surface area contributed by atoms with Gasteiger partial charge in [0, 0.05) is 9.77 Å². The molecule has 1 N–H and O–H groups in total. The molecule has 0 unspecified atom stereocenters. The standard InChI is InChI=1S/C5H3IN2/c6-4-1-5(2-7)8-3-4/h1,3,8H. The molecule has 3 heteroatoms. The minimum Gasteiger partial charge on any atom is -0.352 e. The van der Waals surface area contributed by atoms with Gasteiger partial charge in [-0.05, 0) is 28.7 Å². The Kier molecular flexibility index (Phi) is 1.53. The summed E-state index contributed by atoms with van der Waals surface area (Å²) in [5.41, 5.74) is 0.620. The maximum Gasteiger partial charge on any atom is 0.118 e. The van der Waals surface area contributed by atoms with Crippen molar-refractivity contribution in [2.45, 2.75) is 0 Å². The Balaban J connectivity index is 3.05. The van der Waals surface area contributed by atoms with Crippen LogP contribution < -0.4 is 0 Å². The molecule has 0 aromatic carbocycles. The lowest BCUT2D eigenvalue weighted by Gasteiger charge is -1.67. The molecular formula is C5H3IN2. The van der Waals surface area contributed by atoms with Crippen LogP contribution in [0.25, 0.3) is 0 Å². The van der Waals surface area contributed by atoms with Crippen LogP contribution in [0.1, 0.15) is 5.69 Å². The number of hydrogen-bond donors (Lipinski definition) is 1. The van der Waals surface area contributed by atoms with E-state index < -0.39 is 0 Å². The van der Waals surface area contributed by atoms with E-state index in [9.17, 15) is 0 Å². The lowest BCUT2D eigenvalue weighted by molar-refractivity contribution is 1.33. The third kappa shape index (κ3) is 1.01. The SMILES string of the molecule is N#Cc1cc(I)c[nH]1. The molecule has 1 rings (SSSR count). The van der Waals surface area contributed by atoms with Crippen LogP contribution >= 0.6 is 22.6 Å². The summed E-state index contributed by atoms with van der Waals surface area (Å²) < 4.78 is 1.07. The first-order valence-corrected chi connectivity index (χ1v) is 3.15. The van der Waals surface area contributed by atoms with Gasteiger partial charge in [-0.3, -0.25) is 0 Å². The molecule has 0 saturated heterocycles. The van der Waals surface area contributed by atoms with Crippen molar-refractivity contribution in [2.75, 3.05) is 0 Å². The first kappa shape index (κ1) is 5.63. The van der Waals surface area contributed by atoms with Gasteiger partial charge in [-0.15, -0.1) is 0 Å². The van der Waals surface area contributed by atoms with Crippen molar-refractivity contribution >= 4 is 22.6 Å². The van der Waals surface area contributed by atoms with Crippen molar-refractivity contribution in [3.63, 3.8) is 0 Å². The van der Waals surface area contributed by atoms with Gasteiger partial charge in [-0.2, -0.15) is 5.26 Å². The van der Waals surface area contributed by atoms with Gasteiger partial charge in [0.15, 0.2) is 0 Å². The fraction of sp³-hybridized carbons (Fsp3) is 0. The lowest BCUT2D eigenvalue weighted by Crippen LogP contribution is -1.64. The second-order valence-electron chi connectivity index (χ2n) is 1.34. The maximum absolute atomic E-state index is 8.27. The summed E-state index contributed by atoms with van der Waals surface area (Å²) in [6, 6.07) is 3.78. The van der Waals surface area contributed by atoms with Crippen LogP contribution in [0.4, 0.5) is 0 Å². The monoisotopic (exact) mass is 218 g/mol. The number of nitrogens with one attached hydrogen (secondary N) is 1.